The number of hydrogen-bond acceptors (Lipinski definition) is 2. The van der Waals surface area contributed by atoms with Crippen LogP contribution in [0.1, 0.15) is 0 Å². The summed E-state index contributed by atoms with van der Waals surface area (Å²) in [5.74, 6) is 0. The smallest absolute Gasteiger partial charge is 0.0777 e. The summed E-state index contributed by atoms with van der Waals surface area (Å²) in [6.07, 6.45) is 0. The van der Waals surface area contributed by atoms with Gasteiger partial charge in [-0.3, -0.25) is 8.61 Å². The molecule has 0 radical (unpaired) electrons. The topological polar surface area (TPSA) is 6.48 Å². The van der Waals surface area contributed by atoms with Gasteiger partial charge >= 0.3 is 0 Å². The van der Waals surface area contributed by atoms with Crippen LogP contribution in [-0.4, -0.2) is 0 Å². The molecule has 272 valence electrons. The van der Waals surface area contributed by atoms with Gasteiger partial charge in [0.2, 0.25) is 0 Å². The van der Waals surface area contributed by atoms with Crippen molar-refractivity contribution in [2.45, 2.75) is 9.79 Å². The van der Waals surface area contributed by atoms with Crippen molar-refractivity contribution in [3.8, 4) is 44.5 Å². The summed E-state index contributed by atoms with van der Waals surface area (Å²) < 4.78 is 5.27. The molecule has 0 bridgehead atoms. The van der Waals surface area contributed by atoms with Gasteiger partial charge in [0.15, 0.2) is 0 Å². The third kappa shape index (κ3) is 6.19. The van der Waals surface area contributed by atoms with Crippen LogP contribution in [0.25, 0.3) is 44.5 Å². The molecule has 0 aromatic heterocycles. The second-order valence-electron chi connectivity index (χ2n) is 14.2. The zero-order chi connectivity index (χ0) is 38.0. The fourth-order valence-corrected chi connectivity index (χ4v) is 12.1. The highest BCUT2D eigenvalue weighted by molar-refractivity contribution is 8.36. The number of para-hydroxylation sites is 2. The molecule has 57 heavy (non-hydrogen) atoms. The summed E-state index contributed by atoms with van der Waals surface area (Å²) in [4.78, 5) is 2.48. The molecule has 0 unspecified atom stereocenters. The number of rotatable bonds is 8. The second kappa shape index (κ2) is 14.9. The minimum Gasteiger partial charge on any atom is -0.277 e. The third-order valence-corrected chi connectivity index (χ3v) is 14.6. The van der Waals surface area contributed by atoms with Gasteiger partial charge in [-0.05, 0) is 116 Å². The van der Waals surface area contributed by atoms with E-state index < -0.39 is 10.4 Å². The molecule has 0 N–H and O–H groups in total. The van der Waals surface area contributed by atoms with Crippen molar-refractivity contribution in [2.24, 2.45) is 0 Å². The van der Waals surface area contributed by atoms with Crippen LogP contribution in [0.15, 0.2) is 252 Å². The van der Waals surface area contributed by atoms with Gasteiger partial charge in [0.1, 0.15) is 0 Å². The molecule has 9 aromatic rings. The molecule has 0 saturated carbocycles. The number of benzene rings is 9. The molecule has 0 spiro atoms. The highest BCUT2D eigenvalue weighted by atomic mass is 32.3. The summed E-state index contributed by atoms with van der Waals surface area (Å²) in [5.41, 5.74) is 14.2. The average Bonchev–Trinajstić information content (AvgIpc) is 3.62. The number of hydrogen-bond donors (Lipinski definition) is 0. The van der Waals surface area contributed by atoms with Crippen LogP contribution in [0, 0.1) is 0 Å². The molecule has 10 rings (SSSR count). The standard InChI is InChI=1S/C54H40N2S/c1-5-15-41(16-6-1)45-25-33-49(34-26-45)55-53-23-13-14-24-54(53)56(50-35-27-46(28-36-50)42-17-7-2-8-18-42)57(55,51-37-29-47(30-38-51)43-19-9-3-10-20-43)52-39-31-48(32-40-52)44-21-11-4-12-22-44/h1-40H. The first-order valence-electron chi connectivity index (χ1n) is 19.4. The average molecular weight is 749 g/mol. The van der Waals surface area contributed by atoms with E-state index in [0.29, 0.717) is 0 Å². The fraction of sp³-hybridized carbons (Fsp3) is 0. The first-order chi connectivity index (χ1) is 28.3. The molecule has 0 fully saturated rings. The minimum atomic E-state index is -2.25. The van der Waals surface area contributed by atoms with Crippen molar-refractivity contribution in [3.05, 3.63) is 243 Å². The Morgan fingerprint density at radius 3 is 0.719 bits per heavy atom. The van der Waals surface area contributed by atoms with Crippen LogP contribution in [0.5, 0.6) is 0 Å². The quantitative estimate of drug-likeness (QED) is 0.153. The Kier molecular flexibility index (Phi) is 8.98. The van der Waals surface area contributed by atoms with Gasteiger partial charge in [0, 0.05) is 9.79 Å². The normalized spacial score (nSPS) is 13.5. The molecular formula is C54H40N2S. The Hall–Kier alpha value is -7.07. The van der Waals surface area contributed by atoms with Gasteiger partial charge in [-0.2, -0.15) is 0 Å². The maximum atomic E-state index is 2.64. The molecule has 2 nitrogen and oxygen atoms in total. The summed E-state index contributed by atoms with van der Waals surface area (Å²) >= 11 is 0. The Balaban J connectivity index is 1.23. The third-order valence-electron chi connectivity index (χ3n) is 10.8. The molecule has 0 saturated heterocycles. The predicted octanol–water partition coefficient (Wildman–Crippen LogP) is 15.4. The Morgan fingerprint density at radius 2 is 0.439 bits per heavy atom. The molecular weight excluding hydrogens is 709 g/mol. The zero-order valence-electron chi connectivity index (χ0n) is 31.4. The second-order valence-corrected chi connectivity index (χ2v) is 17.0. The van der Waals surface area contributed by atoms with Crippen LogP contribution >= 0.6 is 10.4 Å². The minimum absolute atomic E-state index is 1.14. The van der Waals surface area contributed by atoms with Gasteiger partial charge in [0.25, 0.3) is 0 Å². The van der Waals surface area contributed by atoms with E-state index in [1.807, 2.05) is 0 Å². The number of anilines is 4. The van der Waals surface area contributed by atoms with Gasteiger partial charge < -0.3 is 0 Å². The van der Waals surface area contributed by atoms with E-state index in [1.165, 1.54) is 65.7 Å². The Morgan fingerprint density at radius 1 is 0.211 bits per heavy atom. The molecule has 0 atom stereocenters. The van der Waals surface area contributed by atoms with E-state index >= 15 is 0 Å². The van der Waals surface area contributed by atoms with E-state index in [4.69, 9.17) is 0 Å². The van der Waals surface area contributed by atoms with E-state index in [1.54, 1.807) is 0 Å². The SMILES string of the molecule is c1ccc(-c2ccc(N3c4ccccc4N(c4ccc(-c5ccccc5)cc4)S3(c3ccc(-c4ccccc4)cc3)c3ccc(-c4ccccc4)cc3)cc2)cc1. The largest absolute Gasteiger partial charge is 0.277 e. The van der Waals surface area contributed by atoms with Crippen molar-refractivity contribution in [1.82, 2.24) is 0 Å². The fourth-order valence-electron chi connectivity index (χ4n) is 8.09. The summed E-state index contributed by atoms with van der Waals surface area (Å²) in [5, 5.41) is 0. The van der Waals surface area contributed by atoms with Crippen LogP contribution < -0.4 is 8.61 Å². The van der Waals surface area contributed by atoms with Crippen molar-refractivity contribution in [2.75, 3.05) is 8.61 Å². The first kappa shape index (κ1) is 34.4. The lowest BCUT2D eigenvalue weighted by molar-refractivity contribution is 1.28. The predicted molar refractivity (Wildman–Crippen MR) is 242 cm³/mol. The van der Waals surface area contributed by atoms with Crippen LogP contribution in [-0.2, 0) is 0 Å². The van der Waals surface area contributed by atoms with Gasteiger partial charge in [0.05, 0.1) is 22.7 Å². The van der Waals surface area contributed by atoms with Crippen molar-refractivity contribution in [1.29, 1.82) is 0 Å². The van der Waals surface area contributed by atoms with Gasteiger partial charge in [-0.25, -0.2) is 0 Å². The molecule has 9 aromatic carbocycles. The highest BCUT2D eigenvalue weighted by Crippen LogP contribution is 2.78. The monoisotopic (exact) mass is 748 g/mol. The Bertz CT molecular complexity index is 2540. The van der Waals surface area contributed by atoms with E-state index in [9.17, 15) is 0 Å². The van der Waals surface area contributed by atoms with Crippen LogP contribution in [0.2, 0.25) is 0 Å². The van der Waals surface area contributed by atoms with Crippen LogP contribution in [0.4, 0.5) is 22.7 Å². The summed E-state index contributed by atoms with van der Waals surface area (Å²) in [6.45, 7) is 0. The highest BCUT2D eigenvalue weighted by Gasteiger charge is 2.50. The van der Waals surface area contributed by atoms with E-state index in [0.717, 1.165) is 11.4 Å². The number of fused-ring (bicyclic) bond motifs is 1. The first-order valence-corrected chi connectivity index (χ1v) is 21.0. The summed E-state index contributed by atoms with van der Waals surface area (Å²) in [7, 11) is -2.25. The zero-order valence-corrected chi connectivity index (χ0v) is 32.2. The van der Waals surface area contributed by atoms with E-state index in [2.05, 4.69) is 251 Å². The van der Waals surface area contributed by atoms with E-state index in [-0.39, 0.29) is 0 Å². The van der Waals surface area contributed by atoms with Crippen molar-refractivity contribution >= 4 is 33.1 Å². The molecule has 0 amide bonds. The maximum absolute atomic E-state index is 2.64. The molecule has 1 aliphatic heterocycles. The lowest BCUT2D eigenvalue weighted by Gasteiger charge is -2.51. The van der Waals surface area contributed by atoms with Crippen molar-refractivity contribution in [3.63, 3.8) is 0 Å². The maximum Gasteiger partial charge on any atom is 0.0777 e. The lowest BCUT2D eigenvalue weighted by Crippen LogP contribution is -2.30. The van der Waals surface area contributed by atoms with Crippen molar-refractivity contribution < 1.29 is 0 Å². The molecule has 1 heterocycles. The van der Waals surface area contributed by atoms with Gasteiger partial charge in [-0.1, -0.05) is 182 Å². The number of nitrogens with zero attached hydrogens (tertiary/aromatic N) is 2. The summed E-state index contributed by atoms with van der Waals surface area (Å²) in [6, 6.07) is 88.5. The molecule has 1 aliphatic rings. The van der Waals surface area contributed by atoms with Gasteiger partial charge in [-0.15, -0.1) is 0 Å². The lowest BCUT2D eigenvalue weighted by atomic mass is 10.1. The molecule has 0 aliphatic carbocycles. The Labute approximate surface area is 337 Å². The molecule has 3 heteroatoms. The van der Waals surface area contributed by atoms with Crippen LogP contribution in [0.3, 0.4) is 0 Å².